The van der Waals surface area contributed by atoms with Crippen LogP contribution < -0.4 is 20.5 Å². The van der Waals surface area contributed by atoms with Crippen molar-refractivity contribution in [1.29, 1.82) is 0 Å². The molecule has 0 aliphatic carbocycles. The average Bonchev–Trinajstić information content (AvgIpc) is 3.36. The lowest BCUT2D eigenvalue weighted by molar-refractivity contribution is -0.135. The Balaban J connectivity index is 1.51. The zero-order valence-electron chi connectivity index (χ0n) is 23.0. The van der Waals surface area contributed by atoms with Crippen molar-refractivity contribution >= 4 is 28.3 Å². The molecule has 0 bridgehead atoms. The molecule has 1 aliphatic rings. The highest BCUT2D eigenvalue weighted by Crippen LogP contribution is 2.37. The van der Waals surface area contributed by atoms with Crippen LogP contribution in [0.4, 0.5) is 11.5 Å². The summed E-state index contributed by atoms with van der Waals surface area (Å²) in [5, 5.41) is 9.62. The van der Waals surface area contributed by atoms with E-state index in [0.717, 1.165) is 71.0 Å². The molecule has 9 heteroatoms. The van der Waals surface area contributed by atoms with Crippen LogP contribution in [0.1, 0.15) is 38.3 Å². The second-order valence-corrected chi connectivity index (χ2v) is 10.2. The molecule has 0 saturated carbocycles. The highest BCUT2D eigenvalue weighted by Gasteiger charge is 2.28. The van der Waals surface area contributed by atoms with Gasteiger partial charge in [0.25, 0.3) is 0 Å². The predicted octanol–water partition coefficient (Wildman–Crippen LogP) is 5.13. The lowest BCUT2D eigenvalue weighted by Crippen LogP contribution is -2.41. The molecular weight excluding hydrogens is 492 g/mol. The number of rotatable bonds is 8. The molecule has 0 atom stereocenters. The molecule has 2 aromatic heterocycles. The number of carbonyl (C=O) groups excluding carboxylic acids is 1. The number of nitrogens with two attached hydrogens (primary N) is 1. The Kier molecular flexibility index (Phi) is 7.58. The molecule has 3 N–H and O–H groups in total. The van der Waals surface area contributed by atoms with Crippen LogP contribution in [0.5, 0.6) is 11.5 Å². The first-order valence-corrected chi connectivity index (χ1v) is 13.4. The Hall–Kier alpha value is -4.27. The number of hydrogen-bond donors (Lipinski definition) is 2. The van der Waals surface area contributed by atoms with Crippen molar-refractivity contribution in [3.05, 3.63) is 60.3 Å². The van der Waals surface area contributed by atoms with E-state index in [0.29, 0.717) is 12.2 Å². The number of likely N-dealkylation sites (tertiary alicyclic amines) is 1. The van der Waals surface area contributed by atoms with E-state index in [1.807, 2.05) is 73.5 Å². The molecule has 0 spiro atoms. The summed E-state index contributed by atoms with van der Waals surface area (Å²) in [5.41, 5.74) is 10.5. The molecule has 204 valence electrons. The zero-order chi connectivity index (χ0) is 27.5. The van der Waals surface area contributed by atoms with E-state index in [9.17, 15) is 4.79 Å². The molecule has 1 amide bonds. The van der Waals surface area contributed by atoms with Gasteiger partial charge in [-0.3, -0.25) is 9.48 Å². The van der Waals surface area contributed by atoms with Crippen LogP contribution in [-0.2, 0) is 11.3 Å². The number of nitrogens with one attached hydrogen (secondary N) is 1. The van der Waals surface area contributed by atoms with E-state index in [-0.39, 0.29) is 17.9 Å². The van der Waals surface area contributed by atoms with Gasteiger partial charge in [0.2, 0.25) is 5.91 Å². The third-order valence-corrected chi connectivity index (χ3v) is 7.36. The third kappa shape index (κ3) is 5.34. The Morgan fingerprint density at radius 1 is 1.08 bits per heavy atom. The number of hydrogen-bond acceptors (Lipinski definition) is 7. The summed E-state index contributed by atoms with van der Waals surface area (Å²) < 4.78 is 13.1. The Morgan fingerprint density at radius 3 is 2.49 bits per heavy atom. The molecule has 39 heavy (non-hydrogen) atoms. The topological polar surface area (TPSA) is 108 Å². The fourth-order valence-electron chi connectivity index (χ4n) is 5.22. The van der Waals surface area contributed by atoms with Gasteiger partial charge in [-0.1, -0.05) is 26.0 Å². The maximum Gasteiger partial charge on any atom is 0.225 e. The molecule has 3 heterocycles. The first-order valence-electron chi connectivity index (χ1n) is 13.4. The SMILES string of the molecule is COc1ccc(CNc2nccc3c2c(-c2ccc(N)cc2)nn3C2CCN(C(=O)C(C)C)CC2)c(OC)c1. The van der Waals surface area contributed by atoms with Crippen LogP contribution in [0, 0.1) is 5.92 Å². The number of nitrogens with zero attached hydrogens (tertiary/aromatic N) is 4. The fourth-order valence-corrected chi connectivity index (χ4v) is 5.22. The number of pyridine rings is 1. The highest BCUT2D eigenvalue weighted by molar-refractivity contribution is 6.01. The van der Waals surface area contributed by atoms with Gasteiger partial charge in [0.05, 0.1) is 31.2 Å². The molecule has 1 fully saturated rings. The summed E-state index contributed by atoms with van der Waals surface area (Å²) >= 11 is 0. The van der Waals surface area contributed by atoms with Crippen molar-refractivity contribution in [1.82, 2.24) is 19.7 Å². The highest BCUT2D eigenvalue weighted by atomic mass is 16.5. The number of amides is 1. The van der Waals surface area contributed by atoms with Gasteiger partial charge in [-0.15, -0.1) is 0 Å². The van der Waals surface area contributed by atoms with Crippen LogP contribution in [0.15, 0.2) is 54.7 Å². The van der Waals surface area contributed by atoms with E-state index >= 15 is 0 Å². The summed E-state index contributed by atoms with van der Waals surface area (Å²) in [6.07, 6.45) is 3.52. The number of anilines is 2. The first kappa shape index (κ1) is 26.3. The Bertz CT molecular complexity index is 1460. The fraction of sp³-hybridized carbons (Fsp3) is 0.367. The zero-order valence-corrected chi connectivity index (χ0v) is 23.0. The maximum atomic E-state index is 12.5. The Labute approximate surface area is 228 Å². The van der Waals surface area contributed by atoms with Gasteiger partial charge in [0.15, 0.2) is 0 Å². The van der Waals surface area contributed by atoms with Crippen LogP contribution >= 0.6 is 0 Å². The smallest absolute Gasteiger partial charge is 0.225 e. The number of methoxy groups -OCH3 is 2. The number of nitrogen functional groups attached to an aromatic ring is 1. The van der Waals surface area contributed by atoms with Crippen LogP contribution in [0.25, 0.3) is 22.2 Å². The van der Waals surface area contributed by atoms with Crippen molar-refractivity contribution in [3.8, 4) is 22.8 Å². The second kappa shape index (κ2) is 11.2. The number of aromatic nitrogens is 3. The van der Waals surface area contributed by atoms with E-state index in [4.69, 9.17) is 25.3 Å². The average molecular weight is 529 g/mol. The minimum Gasteiger partial charge on any atom is -0.497 e. The lowest BCUT2D eigenvalue weighted by atomic mass is 10.0. The molecule has 1 saturated heterocycles. The van der Waals surface area contributed by atoms with Crippen molar-refractivity contribution in [2.24, 2.45) is 5.92 Å². The second-order valence-electron chi connectivity index (χ2n) is 10.2. The normalized spacial score (nSPS) is 14.1. The monoisotopic (exact) mass is 528 g/mol. The van der Waals surface area contributed by atoms with Crippen LogP contribution in [0.3, 0.4) is 0 Å². The molecule has 1 aliphatic heterocycles. The third-order valence-electron chi connectivity index (χ3n) is 7.36. The van der Waals surface area contributed by atoms with Crippen LogP contribution in [-0.4, -0.2) is 52.9 Å². The minimum atomic E-state index is 0.00763. The first-order chi connectivity index (χ1) is 18.9. The molecule has 0 unspecified atom stereocenters. The molecule has 2 aromatic carbocycles. The minimum absolute atomic E-state index is 0.00763. The number of fused-ring (bicyclic) bond motifs is 1. The summed E-state index contributed by atoms with van der Waals surface area (Å²) in [6.45, 7) is 5.89. The van der Waals surface area contributed by atoms with E-state index < -0.39 is 0 Å². The molecule has 0 radical (unpaired) electrons. The van der Waals surface area contributed by atoms with E-state index in [2.05, 4.69) is 10.00 Å². The van der Waals surface area contributed by atoms with E-state index in [1.54, 1.807) is 14.2 Å². The number of carbonyl (C=O) groups is 1. The van der Waals surface area contributed by atoms with Gasteiger partial charge in [-0.05, 0) is 43.2 Å². The van der Waals surface area contributed by atoms with Crippen molar-refractivity contribution in [3.63, 3.8) is 0 Å². The standard InChI is InChI=1S/C30H36N6O3/c1-19(2)30(37)35-15-12-23(13-16-35)36-25-11-14-32-29(27(25)28(34-36)20-5-8-22(31)9-6-20)33-18-21-7-10-24(38-3)17-26(21)39-4/h5-11,14,17,19,23H,12-13,15-16,18,31H2,1-4H3,(H,32,33). The summed E-state index contributed by atoms with van der Waals surface area (Å²) in [4.78, 5) is 19.2. The number of benzene rings is 2. The van der Waals surface area contributed by atoms with Crippen LogP contribution in [0.2, 0.25) is 0 Å². The van der Waals surface area contributed by atoms with Gasteiger partial charge < -0.3 is 25.4 Å². The summed E-state index contributed by atoms with van der Waals surface area (Å²) in [5.74, 6) is 2.45. The summed E-state index contributed by atoms with van der Waals surface area (Å²) in [7, 11) is 3.29. The number of ether oxygens (including phenoxy) is 2. The lowest BCUT2D eigenvalue weighted by Gasteiger charge is -2.33. The van der Waals surface area contributed by atoms with Gasteiger partial charge in [0, 0.05) is 54.6 Å². The van der Waals surface area contributed by atoms with Gasteiger partial charge >= 0.3 is 0 Å². The van der Waals surface area contributed by atoms with Crippen molar-refractivity contribution in [2.75, 3.05) is 38.4 Å². The van der Waals surface area contributed by atoms with Gasteiger partial charge in [-0.25, -0.2) is 4.98 Å². The maximum absolute atomic E-state index is 12.5. The van der Waals surface area contributed by atoms with Gasteiger partial charge in [0.1, 0.15) is 23.0 Å². The molecule has 4 aromatic rings. The molecule has 9 nitrogen and oxygen atoms in total. The van der Waals surface area contributed by atoms with E-state index in [1.165, 1.54) is 0 Å². The largest absolute Gasteiger partial charge is 0.497 e. The van der Waals surface area contributed by atoms with Gasteiger partial charge in [-0.2, -0.15) is 5.10 Å². The predicted molar refractivity (Wildman–Crippen MR) is 154 cm³/mol. The Morgan fingerprint density at radius 2 is 1.82 bits per heavy atom. The quantitative estimate of drug-likeness (QED) is 0.305. The number of piperidine rings is 1. The molecular formula is C30H36N6O3. The molecule has 5 rings (SSSR count). The van der Waals surface area contributed by atoms with Crippen molar-refractivity contribution in [2.45, 2.75) is 39.3 Å². The summed E-state index contributed by atoms with van der Waals surface area (Å²) in [6, 6.07) is 15.8. The van der Waals surface area contributed by atoms with Crippen molar-refractivity contribution < 1.29 is 14.3 Å².